The van der Waals surface area contributed by atoms with Crippen molar-refractivity contribution in [2.75, 3.05) is 0 Å². The van der Waals surface area contributed by atoms with Crippen molar-refractivity contribution in [3.05, 3.63) is 218 Å². The van der Waals surface area contributed by atoms with Crippen LogP contribution >= 0.6 is 21.4 Å². The van der Waals surface area contributed by atoms with Crippen molar-refractivity contribution in [2.24, 2.45) is 0 Å². The molecule has 274 valence electrons. The van der Waals surface area contributed by atoms with E-state index in [0.717, 1.165) is 5.69 Å². The molecule has 12 aromatic rings. The van der Waals surface area contributed by atoms with E-state index in [9.17, 15) is 0 Å². The number of rotatable bonds is 6. The molecule has 0 radical (unpaired) electrons. The third-order valence-electron chi connectivity index (χ3n) is 11.8. The summed E-state index contributed by atoms with van der Waals surface area (Å²) < 4.78 is 7.53. The zero-order valence-corrected chi connectivity index (χ0v) is 33.1. The van der Waals surface area contributed by atoms with Crippen LogP contribution in [0.2, 0.25) is 0 Å². The average molecular weight is 777 g/mol. The molecular weight excluding hydrogens is 741 g/mol. The maximum absolute atomic E-state index is 2.49. The minimum Gasteiger partial charge on any atom is -0.309 e. The highest BCUT2D eigenvalue weighted by Crippen LogP contribution is 2.73. The molecule has 0 spiro atoms. The maximum atomic E-state index is 2.49. The fraction of sp³-hybridized carbons (Fsp3) is 0. The second kappa shape index (κ2) is 13.1. The predicted molar refractivity (Wildman–Crippen MR) is 248 cm³/mol. The molecule has 3 aromatic heterocycles. The summed E-state index contributed by atoms with van der Waals surface area (Å²) in [4.78, 5) is 5.23. The molecule has 0 amide bonds. The van der Waals surface area contributed by atoms with Gasteiger partial charge in [-0.25, -0.2) is 0 Å². The zero-order valence-electron chi connectivity index (χ0n) is 31.5. The Morgan fingerprint density at radius 2 is 0.776 bits per heavy atom. The maximum Gasteiger partial charge on any atom is 0.0548 e. The minimum absolute atomic E-state index is 1.16. The van der Waals surface area contributed by atoms with Crippen molar-refractivity contribution in [1.82, 2.24) is 9.13 Å². The number of hydrogen-bond acceptors (Lipinski definition) is 1. The Balaban J connectivity index is 1.12. The molecule has 0 saturated heterocycles. The van der Waals surface area contributed by atoms with Gasteiger partial charge in [0.1, 0.15) is 0 Å². The molecule has 2 nitrogen and oxygen atoms in total. The molecular formula is C54H36N2S2. The number of para-hydroxylation sites is 3. The molecule has 0 bridgehead atoms. The van der Waals surface area contributed by atoms with E-state index in [-0.39, 0.29) is 0 Å². The van der Waals surface area contributed by atoms with Gasteiger partial charge in [0.2, 0.25) is 0 Å². The van der Waals surface area contributed by atoms with E-state index in [1.54, 1.807) is 0 Å². The predicted octanol–water partition coefficient (Wildman–Crippen LogP) is 15.6. The lowest BCUT2D eigenvalue weighted by Gasteiger charge is -2.42. The van der Waals surface area contributed by atoms with Crippen LogP contribution in [0.15, 0.2) is 238 Å². The Bertz CT molecular complexity index is 3450. The zero-order chi connectivity index (χ0) is 38.2. The highest BCUT2D eigenvalue weighted by molar-refractivity contribution is 8.34. The number of nitrogens with zero attached hydrogens (tertiary/aromatic N) is 2. The quantitative estimate of drug-likeness (QED) is 0.159. The molecule has 0 unspecified atom stereocenters. The van der Waals surface area contributed by atoms with E-state index in [1.807, 2.05) is 11.3 Å². The number of hydrogen-bond donors (Lipinski definition) is 0. The van der Waals surface area contributed by atoms with E-state index in [2.05, 4.69) is 228 Å². The number of benzene rings is 9. The summed E-state index contributed by atoms with van der Waals surface area (Å²) in [6.07, 6.45) is 0. The second-order valence-electron chi connectivity index (χ2n) is 14.9. The SMILES string of the molecule is c1ccc(-n2c3ccccc3c3cc(S(c4ccccc4)(c4ccccc4)c4ccc(-n5c6ccccc6c6c7c(ccc65)sc5ccccc57)cc4)ccc32)cc1. The highest BCUT2D eigenvalue weighted by Gasteiger charge is 2.34. The lowest BCUT2D eigenvalue weighted by molar-refractivity contribution is 1.16. The van der Waals surface area contributed by atoms with Crippen molar-refractivity contribution in [3.8, 4) is 11.4 Å². The van der Waals surface area contributed by atoms with E-state index < -0.39 is 10.0 Å². The molecule has 12 rings (SSSR count). The van der Waals surface area contributed by atoms with Gasteiger partial charge in [-0.15, -0.1) is 21.4 Å². The van der Waals surface area contributed by atoms with Gasteiger partial charge in [-0.2, -0.15) is 0 Å². The lowest BCUT2D eigenvalue weighted by atomic mass is 10.1. The van der Waals surface area contributed by atoms with Crippen LogP contribution in [0.5, 0.6) is 0 Å². The van der Waals surface area contributed by atoms with Crippen LogP contribution in [0, 0.1) is 0 Å². The van der Waals surface area contributed by atoms with Gasteiger partial charge in [-0.3, -0.25) is 0 Å². The van der Waals surface area contributed by atoms with Crippen LogP contribution < -0.4 is 0 Å². The van der Waals surface area contributed by atoms with Gasteiger partial charge in [0.25, 0.3) is 0 Å². The van der Waals surface area contributed by atoms with Crippen LogP contribution in [-0.2, 0) is 0 Å². The van der Waals surface area contributed by atoms with Crippen LogP contribution in [0.25, 0.3) is 75.2 Å². The molecule has 0 aliphatic heterocycles. The third-order valence-corrected chi connectivity index (χ3v) is 16.9. The van der Waals surface area contributed by atoms with Gasteiger partial charge in [-0.05, 0) is 109 Å². The first-order valence-electron chi connectivity index (χ1n) is 19.8. The summed E-state index contributed by atoms with van der Waals surface area (Å²) in [7, 11) is -1.96. The van der Waals surface area contributed by atoms with Crippen molar-refractivity contribution in [2.45, 2.75) is 19.6 Å². The van der Waals surface area contributed by atoms with Crippen molar-refractivity contribution in [3.63, 3.8) is 0 Å². The summed E-state index contributed by atoms with van der Waals surface area (Å²) in [5.41, 5.74) is 7.20. The van der Waals surface area contributed by atoms with E-state index in [0.29, 0.717) is 0 Å². The van der Waals surface area contributed by atoms with Gasteiger partial charge in [0.15, 0.2) is 0 Å². The molecule has 9 aromatic carbocycles. The van der Waals surface area contributed by atoms with E-state index >= 15 is 0 Å². The fourth-order valence-corrected chi connectivity index (χ4v) is 14.4. The Hall–Kier alpha value is -6.85. The molecule has 4 heteroatoms. The molecule has 0 saturated carbocycles. The topological polar surface area (TPSA) is 9.86 Å². The summed E-state index contributed by atoms with van der Waals surface area (Å²) in [6, 6.07) is 81.1. The Morgan fingerprint density at radius 1 is 0.293 bits per heavy atom. The largest absolute Gasteiger partial charge is 0.309 e. The summed E-state index contributed by atoms with van der Waals surface area (Å²) >= 11 is 1.88. The Morgan fingerprint density at radius 3 is 1.48 bits per heavy atom. The molecule has 58 heavy (non-hydrogen) atoms. The van der Waals surface area contributed by atoms with Gasteiger partial charge < -0.3 is 9.13 Å². The van der Waals surface area contributed by atoms with Crippen LogP contribution in [0.3, 0.4) is 0 Å². The second-order valence-corrected chi connectivity index (χ2v) is 19.1. The Kier molecular flexibility index (Phi) is 7.52. The lowest BCUT2D eigenvalue weighted by Crippen LogP contribution is -2.06. The van der Waals surface area contributed by atoms with E-state index in [4.69, 9.17) is 0 Å². The molecule has 3 heterocycles. The molecule has 0 aliphatic rings. The van der Waals surface area contributed by atoms with Crippen molar-refractivity contribution >= 4 is 85.1 Å². The monoisotopic (exact) mass is 776 g/mol. The molecule has 0 N–H and O–H groups in total. The van der Waals surface area contributed by atoms with Crippen LogP contribution in [0.1, 0.15) is 0 Å². The highest BCUT2D eigenvalue weighted by atomic mass is 32.3. The van der Waals surface area contributed by atoms with Gasteiger partial charge in [-0.1, -0.05) is 109 Å². The van der Waals surface area contributed by atoms with E-state index in [1.165, 1.54) is 89.1 Å². The summed E-state index contributed by atoms with van der Waals surface area (Å²) in [5, 5.41) is 7.81. The van der Waals surface area contributed by atoms with Crippen molar-refractivity contribution in [1.29, 1.82) is 0 Å². The van der Waals surface area contributed by atoms with Crippen LogP contribution in [-0.4, -0.2) is 9.13 Å². The standard InChI is InChI=1S/C54H36N2S2/c1-4-16-37(17-5-1)55-47-25-13-10-22-43(47)46-36-42(32-33-49(46)55)58(39-18-6-2-7-19-39,40-20-8-3-9-21-40)41-30-28-38(29-31-41)56-48-26-14-11-23-44(48)53-50(56)34-35-52-54(53)45-24-12-15-27-51(45)57-52/h1-36H. The number of aromatic nitrogens is 2. The van der Waals surface area contributed by atoms with Gasteiger partial charge in [0.05, 0.1) is 22.1 Å². The average Bonchev–Trinajstić information content (AvgIpc) is 3.95. The summed E-state index contributed by atoms with van der Waals surface area (Å²) in [5.74, 6) is 0. The number of fused-ring (bicyclic) bond motifs is 10. The fourth-order valence-electron chi connectivity index (χ4n) is 9.42. The summed E-state index contributed by atoms with van der Waals surface area (Å²) in [6.45, 7) is 0. The molecule has 0 atom stereocenters. The first kappa shape index (κ1) is 33.3. The Labute approximate surface area is 341 Å². The first-order valence-corrected chi connectivity index (χ1v) is 22.2. The van der Waals surface area contributed by atoms with Gasteiger partial charge in [0, 0.05) is 72.7 Å². The van der Waals surface area contributed by atoms with Crippen LogP contribution in [0.4, 0.5) is 0 Å². The number of thiophene rings is 1. The van der Waals surface area contributed by atoms with Gasteiger partial charge >= 0.3 is 0 Å². The molecule has 0 fully saturated rings. The normalized spacial score (nSPS) is 12.4. The minimum atomic E-state index is -1.96. The first-order chi connectivity index (χ1) is 28.8. The smallest absolute Gasteiger partial charge is 0.0548 e. The third kappa shape index (κ3) is 4.80. The van der Waals surface area contributed by atoms with Crippen molar-refractivity contribution < 1.29 is 0 Å². The molecule has 0 aliphatic carbocycles.